The zero-order chi connectivity index (χ0) is 16.4. The van der Waals surface area contributed by atoms with Crippen LogP contribution in [0.25, 0.3) is 0 Å². The minimum atomic E-state index is 0.0809. The molecular formula is C19H21ClN2O. The summed E-state index contributed by atoms with van der Waals surface area (Å²) in [6.07, 6.45) is 0. The van der Waals surface area contributed by atoms with E-state index in [2.05, 4.69) is 43.0 Å². The van der Waals surface area contributed by atoms with Crippen LogP contribution >= 0.6 is 11.6 Å². The van der Waals surface area contributed by atoms with Gasteiger partial charge in [0.05, 0.1) is 0 Å². The number of hydrogen-bond donors (Lipinski definition) is 0. The number of carbonyl (C=O) groups excluding carboxylic acids is 1. The van der Waals surface area contributed by atoms with E-state index < -0.39 is 0 Å². The Bertz CT molecular complexity index is 699. The fourth-order valence-electron chi connectivity index (χ4n) is 3.11. The second-order valence-corrected chi connectivity index (χ2v) is 6.58. The lowest BCUT2D eigenvalue weighted by molar-refractivity contribution is 0.0726. The summed E-state index contributed by atoms with van der Waals surface area (Å²) in [4.78, 5) is 16.9. The second kappa shape index (κ2) is 6.63. The maximum Gasteiger partial charge on any atom is 0.253 e. The first kappa shape index (κ1) is 15.9. The highest BCUT2D eigenvalue weighted by Gasteiger charge is 2.27. The quantitative estimate of drug-likeness (QED) is 0.832. The van der Waals surface area contributed by atoms with Crippen molar-refractivity contribution in [3.8, 4) is 0 Å². The van der Waals surface area contributed by atoms with E-state index in [1.807, 2.05) is 4.90 Å². The maximum absolute atomic E-state index is 12.6. The molecule has 23 heavy (non-hydrogen) atoms. The van der Waals surface area contributed by atoms with Gasteiger partial charge < -0.3 is 9.80 Å². The van der Waals surface area contributed by atoms with Crippen molar-refractivity contribution in [1.29, 1.82) is 0 Å². The van der Waals surface area contributed by atoms with Gasteiger partial charge in [0.25, 0.3) is 5.91 Å². The molecule has 2 aromatic carbocycles. The van der Waals surface area contributed by atoms with Crippen LogP contribution < -0.4 is 4.90 Å². The topological polar surface area (TPSA) is 23.6 Å². The molecule has 1 aliphatic rings. The third-order valence-corrected chi connectivity index (χ3v) is 4.59. The van der Waals surface area contributed by atoms with Gasteiger partial charge in [-0.15, -0.1) is 0 Å². The van der Waals surface area contributed by atoms with Gasteiger partial charge in [-0.05, 0) is 55.8 Å². The number of halogens is 1. The highest BCUT2D eigenvalue weighted by atomic mass is 35.5. The zero-order valence-electron chi connectivity index (χ0n) is 13.5. The molecule has 1 atom stereocenters. The van der Waals surface area contributed by atoms with Gasteiger partial charge in [0, 0.05) is 41.9 Å². The van der Waals surface area contributed by atoms with Gasteiger partial charge in [0.1, 0.15) is 0 Å². The van der Waals surface area contributed by atoms with Crippen LogP contribution in [-0.2, 0) is 0 Å². The van der Waals surface area contributed by atoms with Crippen molar-refractivity contribution < 1.29 is 4.79 Å². The van der Waals surface area contributed by atoms with Crippen molar-refractivity contribution in [2.75, 3.05) is 24.5 Å². The first-order chi connectivity index (χ1) is 11.0. The van der Waals surface area contributed by atoms with Crippen LogP contribution in [0.3, 0.4) is 0 Å². The molecule has 0 unspecified atom stereocenters. The van der Waals surface area contributed by atoms with Gasteiger partial charge in [-0.25, -0.2) is 0 Å². The van der Waals surface area contributed by atoms with E-state index in [4.69, 9.17) is 11.6 Å². The number of hydrogen-bond acceptors (Lipinski definition) is 2. The first-order valence-electron chi connectivity index (χ1n) is 7.93. The number of benzene rings is 2. The van der Waals surface area contributed by atoms with Gasteiger partial charge in [0.15, 0.2) is 0 Å². The number of piperazine rings is 1. The largest absolute Gasteiger partial charge is 0.365 e. The van der Waals surface area contributed by atoms with Crippen molar-refractivity contribution in [3.63, 3.8) is 0 Å². The summed E-state index contributed by atoms with van der Waals surface area (Å²) in [5.74, 6) is 0.0809. The Kier molecular flexibility index (Phi) is 4.58. The highest BCUT2D eigenvalue weighted by Crippen LogP contribution is 2.22. The van der Waals surface area contributed by atoms with E-state index in [9.17, 15) is 4.79 Å². The predicted molar refractivity (Wildman–Crippen MR) is 95.3 cm³/mol. The Labute approximate surface area is 142 Å². The fraction of sp³-hybridized carbons (Fsp3) is 0.316. The summed E-state index contributed by atoms with van der Waals surface area (Å²) < 4.78 is 0. The number of anilines is 1. The third-order valence-electron chi connectivity index (χ3n) is 4.34. The molecule has 120 valence electrons. The minimum absolute atomic E-state index is 0.0809. The summed E-state index contributed by atoms with van der Waals surface area (Å²) in [5, 5.41) is 0.652. The molecular weight excluding hydrogens is 308 g/mol. The fourth-order valence-corrected chi connectivity index (χ4v) is 3.23. The molecule has 0 bridgehead atoms. The summed E-state index contributed by atoms with van der Waals surface area (Å²) >= 11 is 5.89. The van der Waals surface area contributed by atoms with E-state index in [0.29, 0.717) is 16.6 Å². The molecule has 0 aliphatic carbocycles. The van der Waals surface area contributed by atoms with Gasteiger partial charge in [0.2, 0.25) is 0 Å². The molecule has 2 aromatic rings. The molecule has 1 fully saturated rings. The van der Waals surface area contributed by atoms with Gasteiger partial charge >= 0.3 is 0 Å². The van der Waals surface area contributed by atoms with Gasteiger partial charge in [-0.3, -0.25) is 4.79 Å². The number of carbonyl (C=O) groups is 1. The average Bonchev–Trinajstić information content (AvgIpc) is 2.55. The molecule has 0 N–H and O–H groups in total. The van der Waals surface area contributed by atoms with E-state index in [0.717, 1.165) is 19.6 Å². The Morgan fingerprint density at radius 1 is 1.13 bits per heavy atom. The molecule has 0 saturated carbocycles. The predicted octanol–water partition coefficient (Wildman–Crippen LogP) is 4.00. The van der Waals surface area contributed by atoms with Crippen LogP contribution in [0, 0.1) is 6.92 Å². The van der Waals surface area contributed by atoms with Gasteiger partial charge in [-0.1, -0.05) is 23.7 Å². The summed E-state index contributed by atoms with van der Waals surface area (Å²) in [5.41, 5.74) is 3.19. The van der Waals surface area contributed by atoms with Gasteiger partial charge in [-0.2, -0.15) is 0 Å². The normalized spacial score (nSPS) is 18.1. The molecule has 0 aromatic heterocycles. The van der Waals surface area contributed by atoms with Crippen LogP contribution in [-0.4, -0.2) is 36.5 Å². The lowest BCUT2D eigenvalue weighted by atomic mass is 10.1. The van der Waals surface area contributed by atoms with E-state index >= 15 is 0 Å². The molecule has 1 heterocycles. The molecule has 1 amide bonds. The van der Waals surface area contributed by atoms with Crippen LogP contribution in [0.4, 0.5) is 5.69 Å². The molecule has 1 saturated heterocycles. The third kappa shape index (κ3) is 3.50. The van der Waals surface area contributed by atoms with E-state index in [-0.39, 0.29) is 5.91 Å². The lowest BCUT2D eigenvalue weighted by Crippen LogP contribution is -2.53. The number of nitrogens with zero attached hydrogens (tertiary/aromatic N) is 2. The van der Waals surface area contributed by atoms with Crippen LogP contribution in [0.15, 0.2) is 48.5 Å². The van der Waals surface area contributed by atoms with E-state index in [1.54, 1.807) is 24.3 Å². The average molecular weight is 329 g/mol. The Hall–Kier alpha value is -2.00. The first-order valence-corrected chi connectivity index (χ1v) is 8.30. The molecule has 0 radical (unpaired) electrons. The Morgan fingerprint density at radius 2 is 1.87 bits per heavy atom. The zero-order valence-corrected chi connectivity index (χ0v) is 14.3. The SMILES string of the molecule is Cc1cccc(N2CCN(C(=O)c3ccc(Cl)cc3)C[C@@H]2C)c1. The second-order valence-electron chi connectivity index (χ2n) is 6.14. The number of rotatable bonds is 2. The number of amides is 1. The van der Waals surface area contributed by atoms with Crippen molar-refractivity contribution in [1.82, 2.24) is 4.90 Å². The standard InChI is InChI=1S/C19H21ClN2O/c1-14-4-3-5-18(12-14)22-11-10-21(13-15(22)2)19(23)16-6-8-17(20)9-7-16/h3-9,12,15H,10-11,13H2,1-2H3/t15-/m0/s1. The minimum Gasteiger partial charge on any atom is -0.365 e. The van der Waals surface area contributed by atoms with Crippen LogP contribution in [0.2, 0.25) is 5.02 Å². The highest BCUT2D eigenvalue weighted by molar-refractivity contribution is 6.30. The van der Waals surface area contributed by atoms with Crippen molar-refractivity contribution in [2.24, 2.45) is 0 Å². The summed E-state index contributed by atoms with van der Waals surface area (Å²) in [6, 6.07) is 15.9. The molecule has 0 spiro atoms. The van der Waals surface area contributed by atoms with Crippen molar-refractivity contribution >= 4 is 23.2 Å². The Balaban J connectivity index is 1.71. The molecule has 3 rings (SSSR count). The summed E-state index contributed by atoms with van der Waals surface area (Å²) in [7, 11) is 0. The molecule has 3 nitrogen and oxygen atoms in total. The summed E-state index contributed by atoms with van der Waals surface area (Å²) in [6.45, 7) is 6.59. The molecule has 4 heteroatoms. The van der Waals surface area contributed by atoms with Crippen LogP contribution in [0.5, 0.6) is 0 Å². The smallest absolute Gasteiger partial charge is 0.253 e. The molecule has 1 aliphatic heterocycles. The number of aryl methyl sites for hydroxylation is 1. The van der Waals surface area contributed by atoms with Crippen LogP contribution in [0.1, 0.15) is 22.8 Å². The monoisotopic (exact) mass is 328 g/mol. The van der Waals surface area contributed by atoms with E-state index in [1.165, 1.54) is 11.3 Å². The Morgan fingerprint density at radius 3 is 2.52 bits per heavy atom. The maximum atomic E-state index is 12.6. The van der Waals surface area contributed by atoms with Crippen molar-refractivity contribution in [2.45, 2.75) is 19.9 Å². The van der Waals surface area contributed by atoms with Crippen molar-refractivity contribution in [3.05, 3.63) is 64.7 Å². The lowest BCUT2D eigenvalue weighted by Gasteiger charge is -2.41.